The predicted octanol–water partition coefficient (Wildman–Crippen LogP) is 4.50. The van der Waals surface area contributed by atoms with Crippen molar-refractivity contribution in [3.8, 4) is 0 Å². The van der Waals surface area contributed by atoms with Crippen molar-refractivity contribution >= 4 is 35.0 Å². The van der Waals surface area contributed by atoms with Gasteiger partial charge in [0.2, 0.25) is 11.8 Å². The fraction of sp³-hybridized carbons (Fsp3) is 0.438. The van der Waals surface area contributed by atoms with Crippen molar-refractivity contribution in [2.75, 3.05) is 11.1 Å². The molecule has 0 saturated heterocycles. The number of hydrogen-bond donors (Lipinski definition) is 1. The van der Waals surface area contributed by atoms with Crippen molar-refractivity contribution in [1.29, 1.82) is 0 Å². The summed E-state index contributed by atoms with van der Waals surface area (Å²) >= 11 is 7.14. The van der Waals surface area contributed by atoms with Gasteiger partial charge in [-0.25, -0.2) is 0 Å². The van der Waals surface area contributed by atoms with Crippen molar-refractivity contribution < 1.29 is 9.21 Å². The van der Waals surface area contributed by atoms with Crippen molar-refractivity contribution in [3.05, 3.63) is 35.2 Å². The van der Waals surface area contributed by atoms with Gasteiger partial charge in [-0.1, -0.05) is 48.7 Å². The number of carbonyl (C=O) groups excluding carboxylic acids is 1. The zero-order valence-corrected chi connectivity index (χ0v) is 14.2. The first kappa shape index (κ1) is 16.3. The summed E-state index contributed by atoms with van der Waals surface area (Å²) in [6, 6.07) is 7.05. The molecule has 5 nitrogen and oxygen atoms in total. The molecule has 0 spiro atoms. The summed E-state index contributed by atoms with van der Waals surface area (Å²) in [5, 5.41) is 12.0. The standard InChI is InChI=1S/C16H18ClN3O2S/c17-12-7-4-8-13(9-12)18-14(21)10-23-16-20-19-15(22-16)11-5-2-1-3-6-11/h4,7-9,11H,1-3,5-6,10H2,(H,18,21). The molecule has 1 N–H and O–H groups in total. The summed E-state index contributed by atoms with van der Waals surface area (Å²) in [5.74, 6) is 1.18. The molecule has 0 bridgehead atoms. The quantitative estimate of drug-likeness (QED) is 0.803. The molecule has 1 heterocycles. The maximum absolute atomic E-state index is 11.9. The minimum atomic E-state index is -0.130. The third-order valence-corrected chi connectivity index (χ3v) is 4.87. The van der Waals surface area contributed by atoms with Crippen LogP contribution in [0.5, 0.6) is 0 Å². The predicted molar refractivity (Wildman–Crippen MR) is 90.9 cm³/mol. The summed E-state index contributed by atoms with van der Waals surface area (Å²) in [6.45, 7) is 0. The van der Waals surface area contributed by atoms with E-state index in [4.69, 9.17) is 16.0 Å². The molecule has 1 fully saturated rings. The van der Waals surface area contributed by atoms with E-state index >= 15 is 0 Å². The second-order valence-electron chi connectivity index (χ2n) is 5.59. The number of halogens is 1. The van der Waals surface area contributed by atoms with Gasteiger partial charge in [0.05, 0.1) is 5.75 Å². The van der Waals surface area contributed by atoms with Gasteiger partial charge in [-0.05, 0) is 31.0 Å². The van der Waals surface area contributed by atoms with E-state index in [1.54, 1.807) is 24.3 Å². The molecule has 1 aliphatic rings. The van der Waals surface area contributed by atoms with Gasteiger partial charge < -0.3 is 9.73 Å². The number of hydrogen-bond acceptors (Lipinski definition) is 5. The first-order valence-corrected chi connectivity index (χ1v) is 9.09. The Kier molecular flexibility index (Phi) is 5.56. The topological polar surface area (TPSA) is 68.0 Å². The molecule has 0 unspecified atom stereocenters. The van der Waals surface area contributed by atoms with Crippen LogP contribution < -0.4 is 5.32 Å². The van der Waals surface area contributed by atoms with Crippen LogP contribution in [0.3, 0.4) is 0 Å². The van der Waals surface area contributed by atoms with Gasteiger partial charge in [0.25, 0.3) is 5.22 Å². The number of carbonyl (C=O) groups is 1. The van der Waals surface area contributed by atoms with Crippen LogP contribution in [0.4, 0.5) is 5.69 Å². The van der Waals surface area contributed by atoms with Crippen molar-refractivity contribution in [2.24, 2.45) is 0 Å². The zero-order valence-electron chi connectivity index (χ0n) is 12.6. The van der Waals surface area contributed by atoms with Crippen LogP contribution in [-0.4, -0.2) is 21.9 Å². The number of anilines is 1. The SMILES string of the molecule is O=C(CSc1nnc(C2CCCCC2)o1)Nc1cccc(Cl)c1. The Morgan fingerprint density at radius 1 is 1.30 bits per heavy atom. The Balaban J connectivity index is 1.50. The summed E-state index contributed by atoms with van der Waals surface area (Å²) in [6.07, 6.45) is 5.95. The minimum Gasteiger partial charge on any atom is -0.416 e. The molecule has 0 atom stereocenters. The Labute approximate surface area is 144 Å². The number of rotatable bonds is 5. The van der Waals surface area contributed by atoms with Crippen LogP contribution in [0, 0.1) is 0 Å². The molecule has 1 aromatic heterocycles. The maximum Gasteiger partial charge on any atom is 0.277 e. The lowest BCUT2D eigenvalue weighted by molar-refractivity contribution is -0.113. The van der Waals surface area contributed by atoms with Crippen LogP contribution in [0.15, 0.2) is 33.9 Å². The van der Waals surface area contributed by atoms with Crippen LogP contribution in [0.25, 0.3) is 0 Å². The van der Waals surface area contributed by atoms with E-state index in [0.717, 1.165) is 12.8 Å². The third-order valence-electron chi connectivity index (χ3n) is 3.81. The summed E-state index contributed by atoms with van der Waals surface area (Å²) in [7, 11) is 0. The molecule has 1 amide bonds. The van der Waals surface area contributed by atoms with Gasteiger partial charge in [-0.3, -0.25) is 4.79 Å². The number of thioether (sulfide) groups is 1. The van der Waals surface area contributed by atoms with E-state index < -0.39 is 0 Å². The van der Waals surface area contributed by atoms with E-state index in [-0.39, 0.29) is 11.7 Å². The largest absolute Gasteiger partial charge is 0.416 e. The molecule has 3 rings (SSSR count). The smallest absolute Gasteiger partial charge is 0.277 e. The van der Waals surface area contributed by atoms with E-state index in [0.29, 0.717) is 27.7 Å². The number of aromatic nitrogens is 2. The fourth-order valence-corrected chi connectivity index (χ4v) is 3.44. The highest BCUT2D eigenvalue weighted by atomic mass is 35.5. The van der Waals surface area contributed by atoms with Gasteiger partial charge in [0.15, 0.2) is 0 Å². The van der Waals surface area contributed by atoms with E-state index in [9.17, 15) is 4.79 Å². The second-order valence-corrected chi connectivity index (χ2v) is 6.95. The molecular formula is C16H18ClN3O2S. The van der Waals surface area contributed by atoms with Gasteiger partial charge in [0, 0.05) is 16.6 Å². The Bertz CT molecular complexity index is 671. The molecule has 122 valence electrons. The summed E-state index contributed by atoms with van der Waals surface area (Å²) in [4.78, 5) is 11.9. The van der Waals surface area contributed by atoms with Crippen LogP contribution >= 0.6 is 23.4 Å². The van der Waals surface area contributed by atoms with Crippen LogP contribution in [-0.2, 0) is 4.79 Å². The monoisotopic (exact) mass is 351 g/mol. The van der Waals surface area contributed by atoms with Gasteiger partial charge in [-0.2, -0.15) is 0 Å². The van der Waals surface area contributed by atoms with Gasteiger partial charge >= 0.3 is 0 Å². The van der Waals surface area contributed by atoms with Gasteiger partial charge in [0.1, 0.15) is 0 Å². The second kappa shape index (κ2) is 7.84. The lowest BCUT2D eigenvalue weighted by Crippen LogP contribution is -2.13. The lowest BCUT2D eigenvalue weighted by Gasteiger charge is -2.17. The van der Waals surface area contributed by atoms with E-state index in [2.05, 4.69) is 15.5 Å². The Morgan fingerprint density at radius 2 is 2.13 bits per heavy atom. The van der Waals surface area contributed by atoms with Crippen LogP contribution in [0.1, 0.15) is 43.9 Å². The van der Waals surface area contributed by atoms with Crippen molar-refractivity contribution in [3.63, 3.8) is 0 Å². The number of amides is 1. The zero-order chi connectivity index (χ0) is 16.1. The molecule has 23 heavy (non-hydrogen) atoms. The molecule has 2 aromatic rings. The average molecular weight is 352 g/mol. The molecule has 1 aliphatic carbocycles. The van der Waals surface area contributed by atoms with E-state index in [1.807, 2.05) is 0 Å². The highest BCUT2D eigenvalue weighted by Crippen LogP contribution is 2.32. The highest BCUT2D eigenvalue weighted by Gasteiger charge is 2.21. The summed E-state index contributed by atoms with van der Waals surface area (Å²) < 4.78 is 5.68. The molecule has 1 aromatic carbocycles. The normalized spacial score (nSPS) is 15.5. The molecule has 0 aliphatic heterocycles. The summed E-state index contributed by atoms with van der Waals surface area (Å²) in [5.41, 5.74) is 0.677. The first-order valence-electron chi connectivity index (χ1n) is 7.72. The number of nitrogens with zero attached hydrogens (tertiary/aromatic N) is 2. The maximum atomic E-state index is 11.9. The van der Waals surface area contributed by atoms with Crippen molar-refractivity contribution in [2.45, 2.75) is 43.2 Å². The van der Waals surface area contributed by atoms with Crippen molar-refractivity contribution in [1.82, 2.24) is 10.2 Å². The number of nitrogens with one attached hydrogen (secondary N) is 1. The molecule has 1 saturated carbocycles. The van der Waals surface area contributed by atoms with Crippen LogP contribution in [0.2, 0.25) is 5.02 Å². The van der Waals surface area contributed by atoms with Gasteiger partial charge in [-0.15, -0.1) is 10.2 Å². The fourth-order valence-electron chi connectivity index (χ4n) is 2.68. The third kappa shape index (κ3) is 4.72. The molecular weight excluding hydrogens is 334 g/mol. The lowest BCUT2D eigenvalue weighted by atomic mass is 9.89. The average Bonchev–Trinajstić information content (AvgIpc) is 3.03. The molecule has 0 radical (unpaired) electrons. The molecule has 7 heteroatoms. The Hall–Kier alpha value is -1.53. The minimum absolute atomic E-state index is 0.130. The number of benzene rings is 1. The highest BCUT2D eigenvalue weighted by molar-refractivity contribution is 7.99. The Morgan fingerprint density at radius 3 is 2.91 bits per heavy atom. The first-order chi connectivity index (χ1) is 11.2. The van der Waals surface area contributed by atoms with E-state index in [1.165, 1.54) is 31.0 Å².